The summed E-state index contributed by atoms with van der Waals surface area (Å²) in [5.74, 6) is -1.09. The van der Waals surface area contributed by atoms with Gasteiger partial charge in [0.05, 0.1) is 4.91 Å². The summed E-state index contributed by atoms with van der Waals surface area (Å²) >= 11 is 6.37. The van der Waals surface area contributed by atoms with Crippen molar-refractivity contribution in [1.82, 2.24) is 4.90 Å². The van der Waals surface area contributed by atoms with E-state index in [0.29, 0.717) is 14.9 Å². The van der Waals surface area contributed by atoms with Crippen LogP contribution in [0.3, 0.4) is 0 Å². The van der Waals surface area contributed by atoms with Crippen molar-refractivity contribution in [2.45, 2.75) is 0 Å². The fourth-order valence-electron chi connectivity index (χ4n) is 2.21. The van der Waals surface area contributed by atoms with Gasteiger partial charge in [0.1, 0.15) is 16.7 Å². The zero-order chi connectivity index (χ0) is 17.8. The van der Waals surface area contributed by atoms with E-state index in [-0.39, 0.29) is 18.3 Å². The highest BCUT2D eigenvalue weighted by atomic mass is 32.2. The van der Waals surface area contributed by atoms with E-state index in [2.05, 4.69) is 5.32 Å². The Hall–Kier alpha value is -2.51. The molecule has 2 aromatic carbocycles. The summed E-state index contributed by atoms with van der Waals surface area (Å²) in [6.07, 6.45) is 1.75. The highest BCUT2D eigenvalue weighted by Crippen LogP contribution is 2.32. The number of nitrogens with zero attached hydrogens (tertiary/aromatic N) is 1. The summed E-state index contributed by atoms with van der Waals surface area (Å²) in [5.41, 5.74) is 1.34. The highest BCUT2D eigenvalue weighted by molar-refractivity contribution is 8.26. The molecule has 0 unspecified atom stereocenters. The first-order chi connectivity index (χ1) is 12.0. The second-order valence-corrected chi connectivity index (χ2v) is 6.91. The zero-order valence-electron chi connectivity index (χ0n) is 12.9. The molecular formula is C18H13FN2O2S2. The highest BCUT2D eigenvalue weighted by Gasteiger charge is 2.33. The molecule has 3 rings (SSSR count). The molecule has 126 valence electrons. The van der Waals surface area contributed by atoms with Crippen LogP contribution in [0.1, 0.15) is 5.56 Å². The number of nitrogens with one attached hydrogen (secondary N) is 1. The van der Waals surface area contributed by atoms with E-state index < -0.39 is 5.91 Å². The lowest BCUT2D eigenvalue weighted by Gasteiger charge is -2.14. The Bertz CT molecular complexity index is 851. The molecule has 2 aromatic rings. The Kier molecular flexibility index (Phi) is 5.25. The first-order valence-electron chi connectivity index (χ1n) is 7.39. The van der Waals surface area contributed by atoms with E-state index in [1.54, 1.807) is 6.08 Å². The van der Waals surface area contributed by atoms with Gasteiger partial charge >= 0.3 is 0 Å². The van der Waals surface area contributed by atoms with Crippen LogP contribution in [0.5, 0.6) is 0 Å². The monoisotopic (exact) mass is 372 g/mol. The Morgan fingerprint density at radius 2 is 1.84 bits per heavy atom. The lowest BCUT2D eigenvalue weighted by Crippen LogP contribution is -2.36. The van der Waals surface area contributed by atoms with Crippen LogP contribution in [0.15, 0.2) is 59.5 Å². The second-order valence-electron chi connectivity index (χ2n) is 5.23. The van der Waals surface area contributed by atoms with Crippen LogP contribution in [0.4, 0.5) is 10.1 Å². The van der Waals surface area contributed by atoms with Crippen LogP contribution in [0.25, 0.3) is 6.08 Å². The molecule has 25 heavy (non-hydrogen) atoms. The molecule has 2 amide bonds. The van der Waals surface area contributed by atoms with E-state index in [9.17, 15) is 14.0 Å². The Morgan fingerprint density at radius 3 is 2.52 bits per heavy atom. The molecule has 7 heteroatoms. The average molecular weight is 372 g/mol. The van der Waals surface area contributed by atoms with E-state index in [1.807, 2.05) is 30.3 Å². The van der Waals surface area contributed by atoms with E-state index >= 15 is 0 Å². The second kappa shape index (κ2) is 7.58. The van der Waals surface area contributed by atoms with Crippen molar-refractivity contribution >= 4 is 51.9 Å². The lowest BCUT2D eigenvalue weighted by molar-refractivity contribution is -0.126. The maximum atomic E-state index is 12.9. The maximum Gasteiger partial charge on any atom is 0.266 e. The van der Waals surface area contributed by atoms with E-state index in [4.69, 9.17) is 12.2 Å². The van der Waals surface area contributed by atoms with Gasteiger partial charge in [-0.3, -0.25) is 14.5 Å². The molecule has 1 heterocycles. The molecule has 0 atom stereocenters. The normalized spacial score (nSPS) is 15.7. The first-order valence-corrected chi connectivity index (χ1v) is 8.61. The summed E-state index contributed by atoms with van der Waals surface area (Å²) in [7, 11) is 0. The quantitative estimate of drug-likeness (QED) is 0.657. The molecule has 0 spiro atoms. The minimum Gasteiger partial charge on any atom is -0.325 e. The third kappa shape index (κ3) is 4.32. The largest absolute Gasteiger partial charge is 0.325 e. The minimum atomic E-state index is -0.399. The van der Waals surface area contributed by atoms with Crippen LogP contribution in [-0.4, -0.2) is 27.6 Å². The van der Waals surface area contributed by atoms with Crippen LogP contribution in [0, 0.1) is 5.82 Å². The summed E-state index contributed by atoms with van der Waals surface area (Å²) in [5, 5.41) is 2.61. The number of halogens is 1. The standard InChI is InChI=1S/C18H13FN2O2S2/c19-13-6-8-14(9-7-13)20-16(22)11-21-17(23)15(25-18(21)24)10-12-4-2-1-3-5-12/h1-10H,11H2,(H,20,22)/b15-10-. The van der Waals surface area contributed by atoms with Crippen molar-refractivity contribution in [2.75, 3.05) is 11.9 Å². The number of thioether (sulfide) groups is 1. The molecule has 1 fully saturated rings. The van der Waals surface area contributed by atoms with E-state index in [1.165, 1.54) is 40.9 Å². The van der Waals surface area contributed by atoms with Crippen LogP contribution >= 0.6 is 24.0 Å². The van der Waals surface area contributed by atoms with Gasteiger partial charge in [0.25, 0.3) is 5.91 Å². The van der Waals surface area contributed by atoms with Crippen molar-refractivity contribution < 1.29 is 14.0 Å². The van der Waals surface area contributed by atoms with Gasteiger partial charge in [-0.05, 0) is 35.9 Å². The molecule has 4 nitrogen and oxygen atoms in total. The predicted octanol–water partition coefficient (Wildman–Crippen LogP) is 3.67. The number of hydrogen-bond acceptors (Lipinski definition) is 4. The number of carbonyl (C=O) groups is 2. The van der Waals surface area contributed by atoms with Gasteiger partial charge in [-0.15, -0.1) is 0 Å². The van der Waals surface area contributed by atoms with Gasteiger partial charge in [-0.1, -0.05) is 54.3 Å². The van der Waals surface area contributed by atoms with Crippen molar-refractivity contribution in [3.8, 4) is 0 Å². The topological polar surface area (TPSA) is 49.4 Å². The van der Waals surface area contributed by atoms with E-state index in [0.717, 1.165) is 5.56 Å². The lowest BCUT2D eigenvalue weighted by atomic mass is 10.2. The smallest absolute Gasteiger partial charge is 0.266 e. The number of anilines is 1. The maximum absolute atomic E-state index is 12.9. The molecular weight excluding hydrogens is 359 g/mol. The zero-order valence-corrected chi connectivity index (χ0v) is 14.6. The average Bonchev–Trinajstić information content (AvgIpc) is 2.85. The molecule has 0 bridgehead atoms. The minimum absolute atomic E-state index is 0.186. The van der Waals surface area contributed by atoms with Crippen LogP contribution < -0.4 is 5.32 Å². The molecule has 1 aliphatic heterocycles. The van der Waals surface area contributed by atoms with Crippen molar-refractivity contribution in [1.29, 1.82) is 0 Å². The molecule has 0 saturated carbocycles. The number of carbonyl (C=O) groups excluding carboxylic acids is 2. The fraction of sp³-hybridized carbons (Fsp3) is 0.0556. The van der Waals surface area contributed by atoms with Crippen molar-refractivity contribution in [3.05, 3.63) is 70.9 Å². The van der Waals surface area contributed by atoms with Crippen molar-refractivity contribution in [3.63, 3.8) is 0 Å². The molecule has 1 saturated heterocycles. The van der Waals surface area contributed by atoms with Gasteiger partial charge in [-0.25, -0.2) is 4.39 Å². The number of amides is 2. The SMILES string of the molecule is O=C(CN1C(=O)/C(=C/c2ccccc2)SC1=S)Nc1ccc(F)cc1. The molecule has 0 aromatic heterocycles. The summed E-state index contributed by atoms with van der Waals surface area (Å²) in [4.78, 5) is 26.3. The fourth-order valence-corrected chi connectivity index (χ4v) is 3.47. The van der Waals surface area contributed by atoms with Gasteiger partial charge in [0, 0.05) is 5.69 Å². The van der Waals surface area contributed by atoms with Gasteiger partial charge in [0.15, 0.2) is 0 Å². The summed E-state index contributed by atoms with van der Waals surface area (Å²) in [6.45, 7) is -0.186. The predicted molar refractivity (Wildman–Crippen MR) is 101 cm³/mol. The number of rotatable bonds is 4. The molecule has 1 N–H and O–H groups in total. The Labute approximate surface area is 153 Å². The van der Waals surface area contributed by atoms with Crippen molar-refractivity contribution in [2.24, 2.45) is 0 Å². The van der Waals surface area contributed by atoms with Gasteiger partial charge in [0.2, 0.25) is 5.91 Å². The van der Waals surface area contributed by atoms with Crippen LogP contribution in [0.2, 0.25) is 0 Å². The first kappa shape index (κ1) is 17.3. The number of thiocarbonyl (C=S) groups is 1. The number of benzene rings is 2. The number of hydrogen-bond donors (Lipinski definition) is 1. The Morgan fingerprint density at radius 1 is 1.16 bits per heavy atom. The van der Waals surface area contributed by atoms with Crippen LogP contribution in [-0.2, 0) is 9.59 Å². The molecule has 1 aliphatic rings. The van der Waals surface area contributed by atoms with Gasteiger partial charge < -0.3 is 5.32 Å². The summed E-state index contributed by atoms with van der Waals surface area (Å²) < 4.78 is 13.2. The summed E-state index contributed by atoms with van der Waals surface area (Å²) in [6, 6.07) is 14.8. The Balaban J connectivity index is 1.67. The third-order valence-electron chi connectivity index (χ3n) is 3.40. The molecule has 0 aliphatic carbocycles. The van der Waals surface area contributed by atoms with Gasteiger partial charge in [-0.2, -0.15) is 0 Å². The molecule has 0 radical (unpaired) electrons. The third-order valence-corrected chi connectivity index (χ3v) is 4.78.